The minimum Gasteiger partial charge on any atom is -0.384 e. The molecule has 6 nitrogen and oxygen atoms in total. The van der Waals surface area contributed by atoms with Crippen molar-refractivity contribution in [1.29, 1.82) is 5.41 Å². The van der Waals surface area contributed by atoms with Gasteiger partial charge in [-0.2, -0.15) is 0 Å². The van der Waals surface area contributed by atoms with Crippen LogP contribution in [-0.4, -0.2) is 20.6 Å². The molecule has 19 heavy (non-hydrogen) atoms. The van der Waals surface area contributed by atoms with Gasteiger partial charge >= 0.3 is 5.69 Å². The third-order valence-electron chi connectivity index (χ3n) is 2.70. The van der Waals surface area contributed by atoms with Gasteiger partial charge in [0.05, 0.1) is 0 Å². The highest BCUT2D eigenvalue weighted by molar-refractivity contribution is 7.98. The SMILES string of the molecule is CCn1c(SCc2ccccc2C(=N)N)n[nH]c1=O. The maximum Gasteiger partial charge on any atom is 0.343 e. The molecule has 0 saturated carbocycles. The normalized spacial score (nSPS) is 10.6. The molecular formula is C12H15N5OS. The number of hydrogen-bond acceptors (Lipinski definition) is 4. The highest BCUT2D eigenvalue weighted by atomic mass is 32.2. The van der Waals surface area contributed by atoms with Gasteiger partial charge in [0.2, 0.25) is 0 Å². The van der Waals surface area contributed by atoms with Crippen molar-refractivity contribution in [2.24, 2.45) is 5.73 Å². The van der Waals surface area contributed by atoms with E-state index in [9.17, 15) is 4.79 Å². The molecule has 1 aromatic heterocycles. The fourth-order valence-electron chi connectivity index (χ4n) is 1.74. The molecule has 0 bridgehead atoms. The summed E-state index contributed by atoms with van der Waals surface area (Å²) in [6.45, 7) is 2.47. The fourth-order valence-corrected chi connectivity index (χ4v) is 2.76. The van der Waals surface area contributed by atoms with Gasteiger partial charge in [-0.3, -0.25) is 9.98 Å². The predicted octanol–water partition coefficient (Wildman–Crippen LogP) is 1.17. The van der Waals surface area contributed by atoms with Gasteiger partial charge in [0.25, 0.3) is 0 Å². The van der Waals surface area contributed by atoms with E-state index in [0.717, 1.165) is 11.1 Å². The molecule has 2 rings (SSSR count). The van der Waals surface area contributed by atoms with Crippen LogP contribution in [0.2, 0.25) is 0 Å². The summed E-state index contributed by atoms with van der Waals surface area (Å²) in [4.78, 5) is 11.4. The Bertz CT molecular complexity index is 646. The zero-order chi connectivity index (χ0) is 13.8. The molecule has 0 atom stereocenters. The molecule has 0 radical (unpaired) electrons. The number of nitrogen functional groups attached to an aromatic ring is 1. The van der Waals surface area contributed by atoms with E-state index in [1.165, 1.54) is 11.8 Å². The van der Waals surface area contributed by atoms with Crippen molar-refractivity contribution < 1.29 is 0 Å². The molecule has 0 aliphatic carbocycles. The average molecular weight is 277 g/mol. The van der Waals surface area contributed by atoms with Crippen LogP contribution in [0.15, 0.2) is 34.2 Å². The van der Waals surface area contributed by atoms with Crippen molar-refractivity contribution in [1.82, 2.24) is 14.8 Å². The first-order chi connectivity index (χ1) is 9.13. The topological polar surface area (TPSA) is 101 Å². The quantitative estimate of drug-likeness (QED) is 0.434. The van der Waals surface area contributed by atoms with Crippen LogP contribution in [0.4, 0.5) is 0 Å². The number of thioether (sulfide) groups is 1. The Labute approximate surface area is 114 Å². The van der Waals surface area contributed by atoms with Crippen LogP contribution in [0.25, 0.3) is 0 Å². The number of rotatable bonds is 5. The third-order valence-corrected chi connectivity index (χ3v) is 3.73. The third kappa shape index (κ3) is 2.87. The highest BCUT2D eigenvalue weighted by Gasteiger charge is 2.09. The summed E-state index contributed by atoms with van der Waals surface area (Å²) in [5.74, 6) is 0.658. The first kappa shape index (κ1) is 13.4. The molecule has 4 N–H and O–H groups in total. The summed E-state index contributed by atoms with van der Waals surface area (Å²) >= 11 is 1.45. The Morgan fingerprint density at radius 1 is 1.53 bits per heavy atom. The van der Waals surface area contributed by atoms with E-state index in [2.05, 4.69) is 10.2 Å². The largest absolute Gasteiger partial charge is 0.384 e. The molecule has 0 saturated heterocycles. The Morgan fingerprint density at radius 3 is 2.95 bits per heavy atom. The summed E-state index contributed by atoms with van der Waals surface area (Å²) < 4.78 is 1.57. The second-order valence-corrected chi connectivity index (χ2v) is 4.86. The number of amidine groups is 1. The van der Waals surface area contributed by atoms with Gasteiger partial charge in [0, 0.05) is 17.9 Å². The molecule has 7 heteroatoms. The van der Waals surface area contributed by atoms with Crippen molar-refractivity contribution in [3.05, 3.63) is 45.9 Å². The maximum absolute atomic E-state index is 11.4. The minimum atomic E-state index is -0.204. The molecule has 0 spiro atoms. The van der Waals surface area contributed by atoms with E-state index < -0.39 is 0 Å². The summed E-state index contributed by atoms with van der Waals surface area (Å²) in [7, 11) is 0. The zero-order valence-corrected chi connectivity index (χ0v) is 11.3. The van der Waals surface area contributed by atoms with Crippen molar-refractivity contribution in [3.63, 3.8) is 0 Å². The smallest absolute Gasteiger partial charge is 0.343 e. The number of aromatic nitrogens is 3. The molecular weight excluding hydrogens is 262 g/mol. The lowest BCUT2D eigenvalue weighted by Crippen LogP contribution is -2.16. The first-order valence-corrected chi connectivity index (χ1v) is 6.82. The van der Waals surface area contributed by atoms with E-state index in [1.54, 1.807) is 4.57 Å². The molecule has 100 valence electrons. The van der Waals surface area contributed by atoms with Crippen molar-refractivity contribution in [3.8, 4) is 0 Å². The molecule has 0 amide bonds. The van der Waals surface area contributed by atoms with E-state index in [4.69, 9.17) is 11.1 Å². The predicted molar refractivity (Wildman–Crippen MR) is 75.5 cm³/mol. The number of H-pyrrole nitrogens is 1. The van der Waals surface area contributed by atoms with Gasteiger partial charge < -0.3 is 5.73 Å². The van der Waals surface area contributed by atoms with Gasteiger partial charge in [0.15, 0.2) is 5.16 Å². The Balaban J connectivity index is 2.19. The number of hydrogen-bond donors (Lipinski definition) is 3. The van der Waals surface area contributed by atoms with Crippen LogP contribution in [0, 0.1) is 5.41 Å². The van der Waals surface area contributed by atoms with Gasteiger partial charge in [-0.05, 0) is 12.5 Å². The maximum atomic E-state index is 11.4. The van der Waals surface area contributed by atoms with Crippen LogP contribution in [-0.2, 0) is 12.3 Å². The number of nitrogens with zero attached hydrogens (tertiary/aromatic N) is 2. The number of benzene rings is 1. The summed E-state index contributed by atoms with van der Waals surface area (Å²) in [5.41, 5.74) is 7.01. The van der Waals surface area contributed by atoms with E-state index in [-0.39, 0.29) is 11.5 Å². The lowest BCUT2D eigenvalue weighted by atomic mass is 10.1. The molecule has 0 aliphatic rings. The standard InChI is InChI=1S/C12H15N5OS/c1-2-17-11(18)15-16-12(17)19-7-8-5-3-4-6-9(8)10(13)14/h3-6H,2,7H2,1H3,(H3,13,14)(H,15,18). The second kappa shape index (κ2) is 5.75. The Morgan fingerprint density at radius 2 is 2.26 bits per heavy atom. The monoisotopic (exact) mass is 277 g/mol. The van der Waals surface area contributed by atoms with Crippen LogP contribution in [0.1, 0.15) is 18.1 Å². The van der Waals surface area contributed by atoms with Gasteiger partial charge in [-0.1, -0.05) is 36.0 Å². The lowest BCUT2D eigenvalue weighted by molar-refractivity contribution is 0.660. The summed E-state index contributed by atoms with van der Waals surface area (Å²) in [5, 5.41) is 14.6. The van der Waals surface area contributed by atoms with Gasteiger partial charge in [0.1, 0.15) is 5.84 Å². The summed E-state index contributed by atoms with van der Waals surface area (Å²) in [6.07, 6.45) is 0. The highest BCUT2D eigenvalue weighted by Crippen LogP contribution is 2.21. The zero-order valence-electron chi connectivity index (χ0n) is 10.5. The molecule has 1 aromatic carbocycles. The van der Waals surface area contributed by atoms with Gasteiger partial charge in [-0.15, -0.1) is 5.10 Å². The Kier molecular flexibility index (Phi) is 4.06. The second-order valence-electron chi connectivity index (χ2n) is 3.92. The first-order valence-electron chi connectivity index (χ1n) is 5.83. The molecule has 0 aliphatic heterocycles. The number of aromatic amines is 1. The van der Waals surface area contributed by atoms with Crippen molar-refractivity contribution >= 4 is 17.6 Å². The van der Waals surface area contributed by atoms with Crippen LogP contribution >= 0.6 is 11.8 Å². The number of nitrogens with two attached hydrogens (primary N) is 1. The average Bonchev–Trinajstić information content (AvgIpc) is 2.77. The Hall–Kier alpha value is -2.02. The fraction of sp³-hybridized carbons (Fsp3) is 0.250. The van der Waals surface area contributed by atoms with E-state index in [1.807, 2.05) is 31.2 Å². The van der Waals surface area contributed by atoms with E-state index in [0.29, 0.717) is 17.5 Å². The molecule has 1 heterocycles. The molecule has 0 fully saturated rings. The van der Waals surface area contributed by atoms with Crippen LogP contribution in [0.3, 0.4) is 0 Å². The number of nitrogens with one attached hydrogen (secondary N) is 2. The van der Waals surface area contributed by atoms with Crippen molar-refractivity contribution in [2.75, 3.05) is 0 Å². The van der Waals surface area contributed by atoms with Gasteiger partial charge in [-0.25, -0.2) is 9.89 Å². The molecule has 0 unspecified atom stereocenters. The lowest BCUT2D eigenvalue weighted by Gasteiger charge is -2.07. The van der Waals surface area contributed by atoms with E-state index >= 15 is 0 Å². The summed E-state index contributed by atoms with van der Waals surface area (Å²) in [6, 6.07) is 7.49. The molecule has 2 aromatic rings. The minimum absolute atomic E-state index is 0.0473. The van der Waals surface area contributed by atoms with Crippen LogP contribution in [0.5, 0.6) is 0 Å². The van der Waals surface area contributed by atoms with Crippen LogP contribution < -0.4 is 11.4 Å². The van der Waals surface area contributed by atoms with Crippen molar-refractivity contribution in [2.45, 2.75) is 24.4 Å².